The molecule has 3 rings (SSSR count). The highest BCUT2D eigenvalue weighted by Gasteiger charge is 2.19. The summed E-state index contributed by atoms with van der Waals surface area (Å²) in [4.78, 5) is 13.2. The molecule has 0 unspecified atom stereocenters. The lowest BCUT2D eigenvalue weighted by Crippen LogP contribution is -2.25. The third kappa shape index (κ3) is 3.35. The number of hydrogen-bond acceptors (Lipinski definition) is 3. The van der Waals surface area contributed by atoms with Crippen molar-refractivity contribution in [2.45, 2.75) is 6.92 Å². The maximum atomic E-state index is 12.5. The Morgan fingerprint density at radius 2 is 1.91 bits per heavy atom. The third-order valence-electron chi connectivity index (χ3n) is 3.59. The van der Waals surface area contributed by atoms with Crippen LogP contribution in [0.3, 0.4) is 0 Å². The number of amides is 1. The van der Waals surface area contributed by atoms with E-state index in [0.717, 1.165) is 21.7 Å². The van der Waals surface area contributed by atoms with E-state index in [0.29, 0.717) is 12.3 Å². The highest BCUT2D eigenvalue weighted by Crippen LogP contribution is 2.35. The number of benzene rings is 1. The highest BCUT2D eigenvalue weighted by atomic mass is 32.1. The number of carbonyl (C=O) groups is 1. The van der Waals surface area contributed by atoms with E-state index in [9.17, 15) is 4.79 Å². The predicted octanol–water partition coefficient (Wildman–Crippen LogP) is 4.17. The number of thiol groups is 1. The summed E-state index contributed by atoms with van der Waals surface area (Å²) < 4.78 is 2.00. The van der Waals surface area contributed by atoms with E-state index in [4.69, 9.17) is 0 Å². The zero-order chi connectivity index (χ0) is 16.2. The zero-order valence-electron chi connectivity index (χ0n) is 12.8. The topological polar surface area (TPSA) is 34.0 Å². The molecule has 1 N–H and O–H groups in total. The quantitative estimate of drug-likeness (QED) is 0.670. The Bertz CT molecular complexity index is 789. The lowest BCUT2D eigenvalue weighted by molar-refractivity contribution is 0.0960. The van der Waals surface area contributed by atoms with Crippen LogP contribution in [0.4, 0.5) is 0 Å². The SMILES string of the molecule is Cc1ccc(-c2csc(C(=O)NCCS)c2-n2cccc2)cc1. The molecule has 0 radical (unpaired) electrons. The van der Waals surface area contributed by atoms with Crippen molar-refractivity contribution in [2.75, 3.05) is 12.3 Å². The predicted molar refractivity (Wildman–Crippen MR) is 100 cm³/mol. The van der Waals surface area contributed by atoms with E-state index < -0.39 is 0 Å². The number of nitrogens with one attached hydrogen (secondary N) is 1. The Balaban J connectivity index is 2.08. The average Bonchev–Trinajstić information content (AvgIpc) is 3.22. The average molecular weight is 342 g/mol. The van der Waals surface area contributed by atoms with Gasteiger partial charge < -0.3 is 9.88 Å². The first-order chi connectivity index (χ1) is 11.2. The van der Waals surface area contributed by atoms with Gasteiger partial charge in [-0.15, -0.1) is 11.3 Å². The Morgan fingerprint density at radius 1 is 1.22 bits per heavy atom. The van der Waals surface area contributed by atoms with Gasteiger partial charge in [-0.05, 0) is 24.6 Å². The summed E-state index contributed by atoms with van der Waals surface area (Å²) in [6, 6.07) is 12.3. The smallest absolute Gasteiger partial charge is 0.263 e. The standard InChI is InChI=1S/C18H18N2OS2/c1-13-4-6-14(7-5-13)15-12-23-17(18(21)19-8-11-22)16(15)20-9-2-3-10-20/h2-7,9-10,12,22H,8,11H2,1H3,(H,19,21). The van der Waals surface area contributed by atoms with Gasteiger partial charge in [0.05, 0.1) is 5.69 Å². The molecule has 3 nitrogen and oxygen atoms in total. The number of aromatic nitrogens is 1. The fourth-order valence-corrected chi connectivity index (χ4v) is 3.54. The van der Waals surface area contributed by atoms with Gasteiger partial charge in [-0.25, -0.2) is 0 Å². The molecule has 1 amide bonds. The van der Waals surface area contributed by atoms with Gasteiger partial charge in [0.2, 0.25) is 0 Å². The third-order valence-corrected chi connectivity index (χ3v) is 4.79. The lowest BCUT2D eigenvalue weighted by Gasteiger charge is -2.10. The summed E-state index contributed by atoms with van der Waals surface area (Å²) in [6.45, 7) is 2.63. The van der Waals surface area contributed by atoms with Gasteiger partial charge in [-0.1, -0.05) is 29.8 Å². The minimum atomic E-state index is -0.0499. The maximum Gasteiger partial charge on any atom is 0.263 e. The van der Waals surface area contributed by atoms with Crippen molar-refractivity contribution in [3.8, 4) is 16.8 Å². The molecule has 0 spiro atoms. The monoisotopic (exact) mass is 342 g/mol. The molecular formula is C18H18N2OS2. The molecule has 23 heavy (non-hydrogen) atoms. The fourth-order valence-electron chi connectivity index (χ4n) is 2.44. The van der Waals surface area contributed by atoms with E-state index in [-0.39, 0.29) is 5.91 Å². The highest BCUT2D eigenvalue weighted by molar-refractivity contribution is 7.80. The maximum absolute atomic E-state index is 12.5. The van der Waals surface area contributed by atoms with Crippen molar-refractivity contribution in [3.63, 3.8) is 0 Å². The van der Waals surface area contributed by atoms with Gasteiger partial charge in [0.25, 0.3) is 5.91 Å². The van der Waals surface area contributed by atoms with E-state index in [2.05, 4.69) is 54.5 Å². The largest absolute Gasteiger partial charge is 0.350 e. The zero-order valence-corrected chi connectivity index (χ0v) is 14.5. The van der Waals surface area contributed by atoms with Gasteiger partial charge in [0.15, 0.2) is 0 Å². The number of nitrogens with zero attached hydrogens (tertiary/aromatic N) is 1. The first-order valence-electron chi connectivity index (χ1n) is 7.41. The van der Waals surface area contributed by atoms with Crippen LogP contribution in [0.5, 0.6) is 0 Å². The van der Waals surface area contributed by atoms with Crippen LogP contribution in [0.15, 0.2) is 54.2 Å². The molecule has 0 aliphatic carbocycles. The number of hydrogen-bond donors (Lipinski definition) is 2. The molecular weight excluding hydrogens is 324 g/mol. The summed E-state index contributed by atoms with van der Waals surface area (Å²) in [6.07, 6.45) is 3.93. The summed E-state index contributed by atoms with van der Waals surface area (Å²) >= 11 is 5.62. The molecule has 0 saturated carbocycles. The Hall–Kier alpha value is -1.98. The Morgan fingerprint density at radius 3 is 2.57 bits per heavy atom. The number of rotatable bonds is 5. The Labute approximate surface area is 145 Å². The van der Waals surface area contributed by atoms with E-state index in [1.165, 1.54) is 16.9 Å². The molecule has 0 saturated heterocycles. The normalized spacial score (nSPS) is 10.7. The van der Waals surface area contributed by atoms with Gasteiger partial charge >= 0.3 is 0 Å². The van der Waals surface area contributed by atoms with E-state index >= 15 is 0 Å². The van der Waals surface area contributed by atoms with Crippen molar-refractivity contribution >= 4 is 29.9 Å². The van der Waals surface area contributed by atoms with Crippen molar-refractivity contribution in [1.29, 1.82) is 0 Å². The molecule has 118 valence electrons. The van der Waals surface area contributed by atoms with Crippen LogP contribution in [-0.2, 0) is 0 Å². The second-order valence-corrected chi connectivity index (χ2v) is 6.59. The Kier molecular flexibility index (Phi) is 4.88. The molecule has 5 heteroatoms. The minimum Gasteiger partial charge on any atom is -0.350 e. The van der Waals surface area contributed by atoms with E-state index in [1.807, 2.05) is 29.1 Å². The first-order valence-corrected chi connectivity index (χ1v) is 8.93. The minimum absolute atomic E-state index is 0.0499. The molecule has 0 atom stereocenters. The van der Waals surface area contributed by atoms with Gasteiger partial charge in [0.1, 0.15) is 4.88 Å². The summed E-state index contributed by atoms with van der Waals surface area (Å²) in [5.41, 5.74) is 4.34. The second kappa shape index (κ2) is 7.06. The van der Waals surface area contributed by atoms with Gasteiger partial charge in [-0.3, -0.25) is 4.79 Å². The van der Waals surface area contributed by atoms with E-state index in [1.54, 1.807) is 0 Å². The van der Waals surface area contributed by atoms with Crippen LogP contribution in [-0.4, -0.2) is 22.8 Å². The molecule has 0 aliphatic heterocycles. The summed E-state index contributed by atoms with van der Waals surface area (Å²) in [7, 11) is 0. The molecule has 2 aromatic heterocycles. The fraction of sp³-hybridized carbons (Fsp3) is 0.167. The molecule has 0 bridgehead atoms. The molecule has 2 heterocycles. The summed E-state index contributed by atoms with van der Waals surface area (Å²) in [5.74, 6) is 0.576. The van der Waals surface area contributed by atoms with Crippen molar-refractivity contribution in [1.82, 2.24) is 9.88 Å². The molecule has 1 aromatic carbocycles. The van der Waals surface area contributed by atoms with Crippen molar-refractivity contribution in [3.05, 3.63) is 64.6 Å². The van der Waals surface area contributed by atoms with Crippen LogP contribution in [0, 0.1) is 6.92 Å². The lowest BCUT2D eigenvalue weighted by atomic mass is 10.0. The first kappa shape index (κ1) is 15.9. The van der Waals surface area contributed by atoms with Crippen molar-refractivity contribution in [2.24, 2.45) is 0 Å². The number of aryl methyl sites for hydroxylation is 1. The summed E-state index contributed by atoms with van der Waals surface area (Å²) in [5, 5.41) is 4.96. The van der Waals surface area contributed by atoms with Crippen LogP contribution in [0.2, 0.25) is 0 Å². The molecule has 0 fully saturated rings. The van der Waals surface area contributed by atoms with Crippen molar-refractivity contribution < 1.29 is 4.79 Å². The van der Waals surface area contributed by atoms with Crippen LogP contribution in [0.1, 0.15) is 15.2 Å². The molecule has 0 aliphatic rings. The van der Waals surface area contributed by atoms with Gasteiger partial charge in [0, 0.05) is 35.6 Å². The van der Waals surface area contributed by atoms with Crippen LogP contribution >= 0.6 is 24.0 Å². The van der Waals surface area contributed by atoms with Gasteiger partial charge in [-0.2, -0.15) is 12.6 Å². The number of carbonyl (C=O) groups excluding carboxylic acids is 1. The second-order valence-electron chi connectivity index (χ2n) is 5.26. The van der Waals surface area contributed by atoms with Crippen LogP contribution < -0.4 is 5.32 Å². The number of thiophene rings is 1. The molecule has 3 aromatic rings. The van der Waals surface area contributed by atoms with Crippen LogP contribution in [0.25, 0.3) is 16.8 Å².